The van der Waals surface area contributed by atoms with Crippen LogP contribution in [0.5, 0.6) is 5.75 Å². The first kappa shape index (κ1) is 18.9. The highest BCUT2D eigenvalue weighted by Crippen LogP contribution is 2.33. The van der Waals surface area contributed by atoms with Crippen molar-refractivity contribution >= 4 is 0 Å². The maximum Gasteiger partial charge on any atom is 0.123 e. The summed E-state index contributed by atoms with van der Waals surface area (Å²) in [5.41, 5.74) is 2.11. The molecule has 0 aliphatic heterocycles. The second kappa shape index (κ2) is 9.75. The van der Waals surface area contributed by atoms with Crippen molar-refractivity contribution in [2.75, 3.05) is 6.61 Å². The summed E-state index contributed by atoms with van der Waals surface area (Å²) < 4.78 is 18.9. The molecule has 1 aliphatic carbocycles. The summed E-state index contributed by atoms with van der Waals surface area (Å²) in [6.45, 7) is 3.10. The Kier molecular flexibility index (Phi) is 7.11. The SMILES string of the molecule is CCC[C@H]1CC[C@H](CCCOc2ccc(-c3ccc(F)cc3)cc2)CC1. The van der Waals surface area contributed by atoms with Gasteiger partial charge < -0.3 is 4.74 Å². The summed E-state index contributed by atoms with van der Waals surface area (Å²) in [7, 11) is 0. The Morgan fingerprint density at radius 3 is 1.92 bits per heavy atom. The van der Waals surface area contributed by atoms with E-state index in [1.165, 1.54) is 57.1 Å². The maximum absolute atomic E-state index is 13.0. The van der Waals surface area contributed by atoms with Gasteiger partial charge in [0.25, 0.3) is 0 Å². The van der Waals surface area contributed by atoms with Gasteiger partial charge in [0.2, 0.25) is 0 Å². The highest BCUT2D eigenvalue weighted by atomic mass is 19.1. The van der Waals surface area contributed by atoms with E-state index in [2.05, 4.69) is 6.92 Å². The molecule has 0 saturated heterocycles. The van der Waals surface area contributed by atoms with Crippen molar-refractivity contribution in [1.29, 1.82) is 0 Å². The summed E-state index contributed by atoms with van der Waals surface area (Å²) >= 11 is 0. The molecule has 0 heterocycles. The molecule has 0 spiro atoms. The average Bonchev–Trinajstić information content (AvgIpc) is 2.68. The molecule has 0 aromatic heterocycles. The van der Waals surface area contributed by atoms with Gasteiger partial charge in [0.1, 0.15) is 11.6 Å². The first-order valence-electron chi connectivity index (χ1n) is 10.2. The molecule has 2 aromatic rings. The molecule has 3 rings (SSSR count). The smallest absolute Gasteiger partial charge is 0.123 e. The zero-order valence-electron chi connectivity index (χ0n) is 15.9. The van der Waals surface area contributed by atoms with Crippen LogP contribution in [0.3, 0.4) is 0 Å². The van der Waals surface area contributed by atoms with Gasteiger partial charge in [0.05, 0.1) is 6.61 Å². The fourth-order valence-electron chi connectivity index (χ4n) is 4.17. The Bertz CT molecular complexity index is 639. The number of rotatable bonds is 8. The normalized spacial score (nSPS) is 20.1. The van der Waals surface area contributed by atoms with Crippen LogP contribution in [0.2, 0.25) is 0 Å². The Balaban J connectivity index is 1.37. The molecule has 0 unspecified atom stereocenters. The van der Waals surface area contributed by atoms with Crippen LogP contribution in [0.1, 0.15) is 58.3 Å². The van der Waals surface area contributed by atoms with Crippen LogP contribution in [0.25, 0.3) is 11.1 Å². The van der Waals surface area contributed by atoms with Gasteiger partial charge in [0.15, 0.2) is 0 Å². The number of hydrogen-bond acceptors (Lipinski definition) is 1. The zero-order chi connectivity index (χ0) is 18.2. The third kappa shape index (κ3) is 5.59. The molecule has 0 bridgehead atoms. The lowest BCUT2D eigenvalue weighted by molar-refractivity contribution is 0.230. The lowest BCUT2D eigenvalue weighted by Gasteiger charge is -2.28. The zero-order valence-corrected chi connectivity index (χ0v) is 15.9. The topological polar surface area (TPSA) is 9.23 Å². The third-order valence-corrected chi connectivity index (χ3v) is 5.72. The number of benzene rings is 2. The first-order chi connectivity index (χ1) is 12.7. The van der Waals surface area contributed by atoms with Crippen molar-refractivity contribution in [3.05, 3.63) is 54.3 Å². The lowest BCUT2D eigenvalue weighted by atomic mass is 9.78. The molecule has 2 heteroatoms. The van der Waals surface area contributed by atoms with Crippen LogP contribution >= 0.6 is 0 Å². The van der Waals surface area contributed by atoms with E-state index in [0.717, 1.165) is 41.7 Å². The summed E-state index contributed by atoms with van der Waals surface area (Å²) in [6, 6.07) is 14.7. The molecular weight excluding hydrogens is 323 g/mol. The van der Waals surface area contributed by atoms with Gasteiger partial charge in [-0.3, -0.25) is 0 Å². The first-order valence-corrected chi connectivity index (χ1v) is 10.2. The van der Waals surface area contributed by atoms with Crippen LogP contribution in [-0.2, 0) is 0 Å². The molecule has 1 aliphatic rings. The largest absolute Gasteiger partial charge is 0.494 e. The molecular formula is C24H31FO. The molecule has 1 saturated carbocycles. The van der Waals surface area contributed by atoms with Gasteiger partial charge in [-0.2, -0.15) is 0 Å². The van der Waals surface area contributed by atoms with Gasteiger partial charge in [-0.25, -0.2) is 4.39 Å². The predicted octanol–water partition coefficient (Wildman–Crippen LogP) is 7.26. The van der Waals surface area contributed by atoms with Crippen molar-refractivity contribution in [1.82, 2.24) is 0 Å². The Labute approximate surface area is 157 Å². The van der Waals surface area contributed by atoms with E-state index in [1.807, 2.05) is 24.3 Å². The fraction of sp³-hybridized carbons (Fsp3) is 0.500. The van der Waals surface area contributed by atoms with Gasteiger partial charge in [-0.05, 0) is 60.1 Å². The molecule has 140 valence electrons. The summed E-state index contributed by atoms with van der Waals surface area (Å²) in [4.78, 5) is 0. The van der Waals surface area contributed by atoms with Crippen LogP contribution in [-0.4, -0.2) is 6.61 Å². The van der Waals surface area contributed by atoms with Crippen molar-refractivity contribution in [2.45, 2.75) is 58.3 Å². The summed E-state index contributed by atoms with van der Waals surface area (Å²) in [5, 5.41) is 0. The van der Waals surface area contributed by atoms with E-state index in [1.54, 1.807) is 12.1 Å². The Morgan fingerprint density at radius 1 is 0.808 bits per heavy atom. The quantitative estimate of drug-likeness (QED) is 0.453. The van der Waals surface area contributed by atoms with E-state index in [9.17, 15) is 4.39 Å². The molecule has 0 atom stereocenters. The molecule has 0 radical (unpaired) electrons. The minimum absolute atomic E-state index is 0.201. The summed E-state index contributed by atoms with van der Waals surface area (Å²) in [6.07, 6.45) is 10.9. The third-order valence-electron chi connectivity index (χ3n) is 5.72. The molecule has 26 heavy (non-hydrogen) atoms. The van der Waals surface area contributed by atoms with Crippen molar-refractivity contribution < 1.29 is 9.13 Å². The predicted molar refractivity (Wildman–Crippen MR) is 107 cm³/mol. The van der Waals surface area contributed by atoms with E-state index >= 15 is 0 Å². The highest BCUT2D eigenvalue weighted by molar-refractivity contribution is 5.63. The van der Waals surface area contributed by atoms with Crippen LogP contribution < -0.4 is 4.74 Å². The number of hydrogen-bond donors (Lipinski definition) is 0. The van der Waals surface area contributed by atoms with Gasteiger partial charge in [-0.15, -0.1) is 0 Å². The highest BCUT2D eigenvalue weighted by Gasteiger charge is 2.20. The molecule has 1 nitrogen and oxygen atoms in total. The van der Waals surface area contributed by atoms with Crippen molar-refractivity contribution in [2.24, 2.45) is 11.8 Å². The minimum atomic E-state index is -0.201. The number of ether oxygens (including phenoxy) is 1. The van der Waals surface area contributed by atoms with E-state index in [0.29, 0.717) is 0 Å². The average molecular weight is 355 g/mol. The van der Waals surface area contributed by atoms with E-state index in [4.69, 9.17) is 4.74 Å². The summed E-state index contributed by atoms with van der Waals surface area (Å²) in [5.74, 6) is 2.62. The molecule has 0 N–H and O–H groups in total. The number of halogens is 1. The molecule has 1 fully saturated rings. The second-order valence-electron chi connectivity index (χ2n) is 7.70. The lowest BCUT2D eigenvalue weighted by Crippen LogP contribution is -2.15. The van der Waals surface area contributed by atoms with Gasteiger partial charge in [0, 0.05) is 0 Å². The van der Waals surface area contributed by atoms with E-state index < -0.39 is 0 Å². The van der Waals surface area contributed by atoms with Gasteiger partial charge in [-0.1, -0.05) is 69.7 Å². The fourth-order valence-corrected chi connectivity index (χ4v) is 4.17. The molecule has 0 amide bonds. The monoisotopic (exact) mass is 354 g/mol. The van der Waals surface area contributed by atoms with Crippen molar-refractivity contribution in [3.63, 3.8) is 0 Å². The maximum atomic E-state index is 13.0. The standard InChI is InChI=1S/C24H31FO/c1-2-4-19-6-8-20(9-7-19)5-3-18-26-24-16-12-22(13-17-24)21-10-14-23(25)15-11-21/h10-17,19-20H,2-9,18H2,1H3/t19-,20-. The van der Waals surface area contributed by atoms with Gasteiger partial charge >= 0.3 is 0 Å². The minimum Gasteiger partial charge on any atom is -0.494 e. The van der Waals surface area contributed by atoms with E-state index in [-0.39, 0.29) is 5.82 Å². The van der Waals surface area contributed by atoms with Crippen LogP contribution in [0.15, 0.2) is 48.5 Å². The Morgan fingerprint density at radius 2 is 1.35 bits per heavy atom. The Hall–Kier alpha value is -1.83. The second-order valence-corrected chi connectivity index (χ2v) is 7.70. The van der Waals surface area contributed by atoms with Crippen molar-refractivity contribution in [3.8, 4) is 16.9 Å². The molecule has 2 aromatic carbocycles. The van der Waals surface area contributed by atoms with Crippen LogP contribution in [0.4, 0.5) is 4.39 Å². The van der Waals surface area contributed by atoms with Crippen LogP contribution in [0, 0.1) is 17.7 Å².